The zero-order chi connectivity index (χ0) is 13.3. The Morgan fingerprint density at radius 1 is 1.56 bits per heavy atom. The number of nitrogens with zero attached hydrogens (tertiary/aromatic N) is 1. The molecule has 2 fully saturated rings. The summed E-state index contributed by atoms with van der Waals surface area (Å²) in [6, 6.07) is -0.532. The Bertz CT molecular complexity index is 351. The second-order valence-corrected chi connectivity index (χ2v) is 6.03. The van der Waals surface area contributed by atoms with Crippen LogP contribution in [0.25, 0.3) is 0 Å². The van der Waals surface area contributed by atoms with Gasteiger partial charge in [-0.2, -0.15) is 12.6 Å². The quantitative estimate of drug-likeness (QED) is 0.595. The second kappa shape index (κ2) is 5.11. The number of carbonyl (C=O) groups is 2. The van der Waals surface area contributed by atoms with Crippen LogP contribution >= 0.6 is 12.6 Å². The second-order valence-electron chi connectivity index (χ2n) is 5.67. The van der Waals surface area contributed by atoms with Gasteiger partial charge in [0.15, 0.2) is 0 Å². The molecule has 0 bridgehead atoms. The predicted octanol–water partition coefficient (Wildman–Crippen LogP) is 1.20. The first-order chi connectivity index (χ1) is 8.54. The molecule has 2 aliphatic rings. The Balaban J connectivity index is 1.97. The van der Waals surface area contributed by atoms with Crippen LogP contribution < -0.4 is 5.73 Å². The summed E-state index contributed by atoms with van der Waals surface area (Å²) >= 11 is 4.11. The first kappa shape index (κ1) is 13.7. The van der Waals surface area contributed by atoms with Crippen molar-refractivity contribution in [2.45, 2.75) is 45.1 Å². The summed E-state index contributed by atoms with van der Waals surface area (Å²) in [6.07, 6.45) is 5.42. The number of primary amides is 1. The van der Waals surface area contributed by atoms with Crippen LogP contribution in [0.2, 0.25) is 0 Å². The maximum atomic E-state index is 12.3. The summed E-state index contributed by atoms with van der Waals surface area (Å²) in [7, 11) is 0. The van der Waals surface area contributed by atoms with E-state index in [1.807, 2.05) is 0 Å². The number of carbonyl (C=O) groups excluding carboxylic acids is 2. The number of hydrogen-bond acceptors (Lipinski definition) is 3. The molecule has 0 aromatic carbocycles. The van der Waals surface area contributed by atoms with Gasteiger partial charge in [-0.15, -0.1) is 0 Å². The van der Waals surface area contributed by atoms with Crippen molar-refractivity contribution in [1.82, 2.24) is 4.90 Å². The topological polar surface area (TPSA) is 63.4 Å². The maximum absolute atomic E-state index is 12.3. The Morgan fingerprint density at radius 3 is 2.56 bits per heavy atom. The molecule has 1 atom stereocenters. The molecule has 0 aromatic heterocycles. The highest BCUT2D eigenvalue weighted by molar-refractivity contribution is 7.80. The van der Waals surface area contributed by atoms with Gasteiger partial charge in [0.05, 0.1) is 5.41 Å². The third-order valence-electron chi connectivity index (χ3n) is 4.70. The van der Waals surface area contributed by atoms with Gasteiger partial charge in [0.25, 0.3) is 0 Å². The lowest BCUT2D eigenvalue weighted by molar-refractivity contribution is -0.170. The zero-order valence-corrected chi connectivity index (χ0v) is 11.8. The molecular weight excluding hydrogens is 248 g/mol. The number of rotatable bonds is 4. The molecule has 0 radical (unpaired) electrons. The molecule has 2 amide bonds. The molecule has 0 aromatic rings. The van der Waals surface area contributed by atoms with Crippen molar-refractivity contribution in [3.63, 3.8) is 0 Å². The maximum Gasteiger partial charge on any atom is 0.241 e. The molecule has 2 rings (SSSR count). The third-order valence-corrected chi connectivity index (χ3v) is 5.05. The average Bonchev–Trinajstić information content (AvgIpc) is 2.38. The van der Waals surface area contributed by atoms with Gasteiger partial charge >= 0.3 is 0 Å². The van der Waals surface area contributed by atoms with E-state index < -0.39 is 11.9 Å². The van der Waals surface area contributed by atoms with Gasteiger partial charge in [-0.05, 0) is 31.6 Å². The molecule has 102 valence electrons. The molecule has 1 aliphatic heterocycles. The molecule has 0 unspecified atom stereocenters. The third kappa shape index (κ3) is 2.13. The van der Waals surface area contributed by atoms with Crippen LogP contribution in [0.3, 0.4) is 0 Å². The highest BCUT2D eigenvalue weighted by Gasteiger charge is 2.55. The van der Waals surface area contributed by atoms with E-state index in [1.54, 1.807) is 4.90 Å². The monoisotopic (exact) mass is 270 g/mol. The molecule has 18 heavy (non-hydrogen) atoms. The van der Waals surface area contributed by atoms with Gasteiger partial charge in [0.2, 0.25) is 11.8 Å². The lowest BCUT2D eigenvalue weighted by Crippen LogP contribution is -2.67. The van der Waals surface area contributed by atoms with Crippen molar-refractivity contribution in [3.8, 4) is 0 Å². The summed E-state index contributed by atoms with van der Waals surface area (Å²) in [5.41, 5.74) is 5.12. The van der Waals surface area contributed by atoms with Crippen LogP contribution in [0, 0.1) is 11.3 Å². The lowest BCUT2D eigenvalue weighted by atomic mass is 9.64. The van der Waals surface area contributed by atoms with E-state index in [9.17, 15) is 9.59 Å². The molecule has 1 saturated heterocycles. The molecule has 5 heteroatoms. The molecule has 2 N–H and O–H groups in total. The van der Waals surface area contributed by atoms with Crippen LogP contribution in [0.4, 0.5) is 0 Å². The Labute approximate surface area is 114 Å². The SMILES string of the molecule is CCC1CCC2(CC1)CN([C@@H](CS)C(N)=O)C2=O. The van der Waals surface area contributed by atoms with Crippen LogP contribution in [0.5, 0.6) is 0 Å². The first-order valence-corrected chi connectivity index (χ1v) is 7.38. The van der Waals surface area contributed by atoms with E-state index in [0.717, 1.165) is 31.6 Å². The number of β-lactam (4-membered cyclic amide) rings is 1. The summed E-state index contributed by atoms with van der Waals surface area (Å²) in [6.45, 7) is 2.90. The van der Waals surface area contributed by atoms with Crippen LogP contribution in [-0.2, 0) is 9.59 Å². The van der Waals surface area contributed by atoms with Gasteiger partial charge in [-0.25, -0.2) is 0 Å². The van der Waals surface area contributed by atoms with Gasteiger partial charge in [0, 0.05) is 12.3 Å². The molecule has 1 aliphatic carbocycles. The fraction of sp³-hybridized carbons (Fsp3) is 0.846. The Kier molecular flexibility index (Phi) is 3.90. The summed E-state index contributed by atoms with van der Waals surface area (Å²) < 4.78 is 0. The standard InChI is InChI=1S/C13H22N2O2S/c1-2-9-3-5-13(6-4-9)8-15(12(13)17)10(7-18)11(14)16/h9-10,18H,2-8H2,1H3,(H2,14,16)/t9?,10-,13?/m0/s1. The van der Waals surface area contributed by atoms with E-state index in [1.165, 1.54) is 6.42 Å². The average molecular weight is 270 g/mol. The largest absolute Gasteiger partial charge is 0.368 e. The van der Waals surface area contributed by atoms with Crippen molar-refractivity contribution in [3.05, 3.63) is 0 Å². The lowest BCUT2D eigenvalue weighted by Gasteiger charge is -2.53. The minimum absolute atomic E-state index is 0.120. The summed E-state index contributed by atoms with van der Waals surface area (Å²) in [5, 5.41) is 0. The number of hydrogen-bond donors (Lipinski definition) is 2. The van der Waals surface area contributed by atoms with Gasteiger partial charge in [-0.1, -0.05) is 13.3 Å². The molecule has 1 heterocycles. The predicted molar refractivity (Wildman–Crippen MR) is 73.2 cm³/mol. The van der Waals surface area contributed by atoms with Crippen LogP contribution in [0.15, 0.2) is 0 Å². The van der Waals surface area contributed by atoms with E-state index in [4.69, 9.17) is 5.73 Å². The molecule has 4 nitrogen and oxygen atoms in total. The minimum Gasteiger partial charge on any atom is -0.368 e. The molecular formula is C13H22N2O2S. The number of thiol groups is 1. The smallest absolute Gasteiger partial charge is 0.241 e. The van der Waals surface area contributed by atoms with Gasteiger partial charge < -0.3 is 10.6 Å². The van der Waals surface area contributed by atoms with E-state index in [0.29, 0.717) is 12.3 Å². The highest BCUT2D eigenvalue weighted by atomic mass is 32.1. The minimum atomic E-state index is -0.532. The number of nitrogens with two attached hydrogens (primary N) is 1. The Morgan fingerprint density at radius 2 is 2.17 bits per heavy atom. The number of likely N-dealkylation sites (tertiary alicyclic amines) is 1. The van der Waals surface area contributed by atoms with Crippen molar-refractivity contribution in [2.75, 3.05) is 12.3 Å². The zero-order valence-electron chi connectivity index (χ0n) is 10.9. The number of amides is 2. The van der Waals surface area contributed by atoms with E-state index in [-0.39, 0.29) is 11.3 Å². The molecule has 1 spiro atoms. The summed E-state index contributed by atoms with van der Waals surface area (Å²) in [5.74, 6) is 0.758. The van der Waals surface area contributed by atoms with Crippen molar-refractivity contribution < 1.29 is 9.59 Å². The van der Waals surface area contributed by atoms with Crippen molar-refractivity contribution >= 4 is 24.4 Å². The van der Waals surface area contributed by atoms with Crippen LogP contribution in [-0.4, -0.2) is 35.1 Å². The van der Waals surface area contributed by atoms with Gasteiger partial charge in [-0.3, -0.25) is 9.59 Å². The normalized spacial score (nSPS) is 33.3. The fourth-order valence-corrected chi connectivity index (χ4v) is 3.66. The fourth-order valence-electron chi connectivity index (χ4n) is 3.28. The molecule has 1 saturated carbocycles. The van der Waals surface area contributed by atoms with Gasteiger partial charge in [0.1, 0.15) is 6.04 Å². The summed E-state index contributed by atoms with van der Waals surface area (Å²) in [4.78, 5) is 25.2. The highest BCUT2D eigenvalue weighted by Crippen LogP contribution is 2.47. The Hall–Kier alpha value is -0.710. The van der Waals surface area contributed by atoms with Crippen molar-refractivity contribution in [2.24, 2.45) is 17.1 Å². The first-order valence-electron chi connectivity index (χ1n) is 6.75. The van der Waals surface area contributed by atoms with Crippen LogP contribution in [0.1, 0.15) is 39.0 Å². The van der Waals surface area contributed by atoms with E-state index >= 15 is 0 Å². The van der Waals surface area contributed by atoms with Crippen molar-refractivity contribution in [1.29, 1.82) is 0 Å². The van der Waals surface area contributed by atoms with E-state index in [2.05, 4.69) is 19.6 Å².